The van der Waals surface area contributed by atoms with Gasteiger partial charge in [0.1, 0.15) is 11.3 Å². The van der Waals surface area contributed by atoms with Gasteiger partial charge in [-0.05, 0) is 28.3 Å². The molecule has 2 aliphatic rings. The van der Waals surface area contributed by atoms with Crippen molar-refractivity contribution in [2.75, 3.05) is 0 Å². The van der Waals surface area contributed by atoms with E-state index in [2.05, 4.69) is 65.6 Å². The van der Waals surface area contributed by atoms with Crippen LogP contribution in [-0.4, -0.2) is 15.7 Å². The van der Waals surface area contributed by atoms with Gasteiger partial charge in [-0.15, -0.1) is 0 Å². The fourth-order valence-electron chi connectivity index (χ4n) is 5.36. The van der Waals surface area contributed by atoms with Gasteiger partial charge >= 0.3 is 0 Å². The summed E-state index contributed by atoms with van der Waals surface area (Å²) in [7, 11) is 0. The van der Waals surface area contributed by atoms with Crippen molar-refractivity contribution in [3.63, 3.8) is 0 Å². The van der Waals surface area contributed by atoms with Crippen molar-refractivity contribution in [1.82, 2.24) is 4.90 Å². The minimum absolute atomic E-state index is 0.0461. The lowest BCUT2D eigenvalue weighted by atomic mass is 9.59. The molecule has 0 aliphatic carbocycles. The molecule has 4 aromatic rings. The normalized spacial score (nSPS) is 17.9. The molecular weight excluding hydrogens is 410 g/mol. The van der Waals surface area contributed by atoms with Crippen LogP contribution in [0.25, 0.3) is 0 Å². The average molecular weight is 431 g/mol. The first-order valence-corrected chi connectivity index (χ1v) is 11.0. The Kier molecular flexibility index (Phi) is 4.37. The molecule has 33 heavy (non-hydrogen) atoms. The average Bonchev–Trinajstić information content (AvgIpc) is 2.86. The number of hydrogen-bond acceptors (Lipinski definition) is 4. The minimum Gasteiger partial charge on any atom is -0.346 e. The van der Waals surface area contributed by atoms with Gasteiger partial charge in [-0.2, -0.15) is 0 Å². The van der Waals surface area contributed by atoms with Crippen molar-refractivity contribution >= 4 is 17.2 Å². The topological polar surface area (TPSA) is 58.7 Å². The van der Waals surface area contributed by atoms with E-state index in [9.17, 15) is 10.1 Å². The third-order valence-corrected chi connectivity index (χ3v) is 6.78. The highest BCUT2D eigenvalue weighted by molar-refractivity contribution is 6.06. The zero-order valence-electron chi connectivity index (χ0n) is 17.8. The van der Waals surface area contributed by atoms with E-state index in [-0.39, 0.29) is 16.7 Å². The molecular formula is C28H21N3O2. The maximum atomic E-state index is 11.3. The number of hydrogen-bond donors (Lipinski definition) is 0. The van der Waals surface area contributed by atoms with Gasteiger partial charge in [0.2, 0.25) is 0 Å². The van der Waals surface area contributed by atoms with Crippen molar-refractivity contribution in [2.24, 2.45) is 4.99 Å². The van der Waals surface area contributed by atoms with Crippen LogP contribution < -0.4 is 0 Å². The number of aliphatic imine (C=N–C) groups is 1. The summed E-state index contributed by atoms with van der Waals surface area (Å²) in [6, 6.07) is 36.1. The van der Waals surface area contributed by atoms with Crippen molar-refractivity contribution in [2.45, 2.75) is 18.0 Å². The highest BCUT2D eigenvalue weighted by Crippen LogP contribution is 2.59. The monoisotopic (exact) mass is 431 g/mol. The van der Waals surface area contributed by atoms with Crippen LogP contribution in [0.2, 0.25) is 0 Å². The molecule has 0 saturated carbocycles. The molecule has 0 spiro atoms. The molecule has 0 N–H and O–H groups in total. The Bertz CT molecular complexity index is 1330. The molecule has 4 aromatic carbocycles. The zero-order valence-corrected chi connectivity index (χ0v) is 17.8. The fraction of sp³-hybridized carbons (Fsp3) is 0.107. The first-order chi connectivity index (χ1) is 16.2. The molecule has 0 aromatic heterocycles. The molecule has 0 bridgehead atoms. The third-order valence-electron chi connectivity index (χ3n) is 6.78. The van der Waals surface area contributed by atoms with Gasteiger partial charge in [-0.3, -0.25) is 10.1 Å². The molecule has 0 amide bonds. The first-order valence-electron chi connectivity index (χ1n) is 11.0. The second-order valence-corrected chi connectivity index (χ2v) is 8.48. The number of para-hydroxylation sites is 1. The van der Waals surface area contributed by atoms with Gasteiger partial charge in [0.15, 0.2) is 0 Å². The smallest absolute Gasteiger partial charge is 0.269 e. The molecule has 2 heterocycles. The number of rotatable bonds is 4. The van der Waals surface area contributed by atoms with Crippen molar-refractivity contribution < 1.29 is 4.92 Å². The van der Waals surface area contributed by atoms with E-state index in [0.29, 0.717) is 0 Å². The first kappa shape index (κ1) is 19.4. The Hall–Kier alpha value is -4.25. The Morgan fingerprint density at radius 1 is 0.788 bits per heavy atom. The standard InChI is InChI=1S/C28H21N3O2/c32-31(33)24-17-15-20(16-18-24)26-28(22-10-3-1-4-11-22,23-12-5-2-6-13-23)27-29-25-14-8-7-9-21(25)19-30(26)27/h1-18,26H,19H2. The summed E-state index contributed by atoms with van der Waals surface area (Å²) in [6.07, 6.45) is 0. The van der Waals surface area contributed by atoms with Crippen LogP contribution in [0.15, 0.2) is 114 Å². The number of amidine groups is 1. The van der Waals surface area contributed by atoms with E-state index in [4.69, 9.17) is 4.99 Å². The van der Waals surface area contributed by atoms with Crippen LogP contribution >= 0.6 is 0 Å². The van der Waals surface area contributed by atoms with Crippen molar-refractivity contribution in [1.29, 1.82) is 0 Å². The highest BCUT2D eigenvalue weighted by Gasteiger charge is 2.61. The number of benzene rings is 4. The molecule has 0 radical (unpaired) electrons. The van der Waals surface area contributed by atoms with Crippen molar-refractivity contribution in [3.8, 4) is 0 Å². The molecule has 1 atom stereocenters. The number of nitrogens with zero attached hydrogens (tertiary/aromatic N) is 3. The van der Waals surface area contributed by atoms with E-state index in [1.54, 1.807) is 12.1 Å². The fourth-order valence-corrected chi connectivity index (χ4v) is 5.36. The third kappa shape index (κ3) is 2.82. The SMILES string of the molecule is O=[N+]([O-])c1ccc(C2N3Cc4ccccc4N=C3C2(c2ccccc2)c2ccccc2)cc1. The minimum atomic E-state index is -0.494. The molecule has 2 aliphatic heterocycles. The van der Waals surface area contributed by atoms with Crippen LogP contribution in [-0.2, 0) is 12.0 Å². The van der Waals surface area contributed by atoms with Gasteiger partial charge < -0.3 is 4.90 Å². The van der Waals surface area contributed by atoms with Crippen LogP contribution in [0.4, 0.5) is 11.4 Å². The summed E-state index contributed by atoms with van der Waals surface area (Å²) in [4.78, 5) is 18.4. The van der Waals surface area contributed by atoms with Crippen molar-refractivity contribution in [3.05, 3.63) is 142 Å². The number of fused-ring (bicyclic) bond motifs is 2. The van der Waals surface area contributed by atoms with Crippen LogP contribution in [0.5, 0.6) is 0 Å². The van der Waals surface area contributed by atoms with E-state index in [1.807, 2.05) is 36.4 Å². The Morgan fingerprint density at radius 2 is 1.36 bits per heavy atom. The quantitative estimate of drug-likeness (QED) is 0.286. The predicted molar refractivity (Wildman–Crippen MR) is 129 cm³/mol. The summed E-state index contributed by atoms with van der Waals surface area (Å²) in [6.45, 7) is 0.748. The summed E-state index contributed by atoms with van der Waals surface area (Å²) in [5.74, 6) is 1.02. The lowest BCUT2D eigenvalue weighted by Gasteiger charge is -2.61. The van der Waals surface area contributed by atoms with E-state index in [1.165, 1.54) is 5.56 Å². The van der Waals surface area contributed by atoms with Gasteiger partial charge in [-0.1, -0.05) is 91.0 Å². The van der Waals surface area contributed by atoms with Gasteiger partial charge in [0, 0.05) is 18.7 Å². The lowest BCUT2D eigenvalue weighted by Crippen LogP contribution is -2.66. The summed E-state index contributed by atoms with van der Waals surface area (Å²) >= 11 is 0. The Morgan fingerprint density at radius 3 is 1.97 bits per heavy atom. The summed E-state index contributed by atoms with van der Waals surface area (Å²) in [5.41, 5.74) is 5.15. The van der Waals surface area contributed by atoms with Gasteiger partial charge in [-0.25, -0.2) is 4.99 Å². The molecule has 5 heteroatoms. The molecule has 5 nitrogen and oxygen atoms in total. The van der Waals surface area contributed by atoms with E-state index >= 15 is 0 Å². The summed E-state index contributed by atoms with van der Waals surface area (Å²) < 4.78 is 0. The van der Waals surface area contributed by atoms with Crippen LogP contribution in [0, 0.1) is 10.1 Å². The number of non-ortho nitro benzene ring substituents is 1. The molecule has 6 rings (SSSR count). The molecule has 1 unspecified atom stereocenters. The zero-order chi connectivity index (χ0) is 22.4. The van der Waals surface area contributed by atoms with E-state index in [0.717, 1.165) is 34.8 Å². The number of nitro groups is 1. The Balaban J connectivity index is 1.62. The number of nitro benzene ring substituents is 1. The maximum Gasteiger partial charge on any atom is 0.269 e. The second kappa shape index (κ2) is 7.41. The van der Waals surface area contributed by atoms with Gasteiger partial charge in [0.25, 0.3) is 5.69 Å². The molecule has 160 valence electrons. The van der Waals surface area contributed by atoms with Gasteiger partial charge in [0.05, 0.1) is 16.7 Å². The molecule has 1 saturated heterocycles. The van der Waals surface area contributed by atoms with Crippen LogP contribution in [0.3, 0.4) is 0 Å². The predicted octanol–water partition coefficient (Wildman–Crippen LogP) is 6.18. The maximum absolute atomic E-state index is 11.3. The van der Waals surface area contributed by atoms with Crippen LogP contribution in [0.1, 0.15) is 28.3 Å². The largest absolute Gasteiger partial charge is 0.346 e. The molecule has 1 fully saturated rings. The summed E-state index contributed by atoms with van der Waals surface area (Å²) in [5, 5.41) is 11.3. The second-order valence-electron chi connectivity index (χ2n) is 8.48. The Labute approximate surface area is 191 Å². The van der Waals surface area contributed by atoms with E-state index < -0.39 is 5.41 Å². The highest BCUT2D eigenvalue weighted by atomic mass is 16.6. The lowest BCUT2D eigenvalue weighted by molar-refractivity contribution is -0.384.